The van der Waals surface area contributed by atoms with E-state index in [9.17, 15) is 4.79 Å². The molecule has 1 heterocycles. The molecule has 1 aliphatic rings. The molecule has 5 heteroatoms. The van der Waals surface area contributed by atoms with Crippen molar-refractivity contribution >= 4 is 11.8 Å². The monoisotopic (exact) mass is 278 g/mol. The van der Waals surface area contributed by atoms with Gasteiger partial charge in [0, 0.05) is 18.6 Å². The summed E-state index contributed by atoms with van der Waals surface area (Å²) < 4.78 is 10.2. The number of nitrogens with one attached hydrogen (secondary N) is 1. The van der Waals surface area contributed by atoms with E-state index in [1.807, 2.05) is 6.07 Å². The summed E-state index contributed by atoms with van der Waals surface area (Å²) in [5.41, 5.74) is 1.24. The summed E-state index contributed by atoms with van der Waals surface area (Å²) in [4.78, 5) is 15.9. The van der Waals surface area contributed by atoms with Gasteiger partial charge in [0.15, 0.2) is 0 Å². The highest BCUT2D eigenvalue weighted by molar-refractivity contribution is 5.90. The third-order valence-electron chi connectivity index (χ3n) is 4.28. The Bertz CT molecular complexity index is 514. The van der Waals surface area contributed by atoms with E-state index >= 15 is 0 Å². The molecule has 2 rings (SSSR count). The number of pyridine rings is 1. The van der Waals surface area contributed by atoms with Gasteiger partial charge in [-0.05, 0) is 25.5 Å². The Kier molecular flexibility index (Phi) is 3.99. The summed E-state index contributed by atoms with van der Waals surface area (Å²) in [6, 6.07) is 3.88. The first-order valence-corrected chi connectivity index (χ1v) is 6.75. The van der Waals surface area contributed by atoms with Crippen LogP contribution in [0.15, 0.2) is 12.1 Å². The Labute approximate surface area is 119 Å². The van der Waals surface area contributed by atoms with Gasteiger partial charge in [0.2, 0.25) is 0 Å². The maximum Gasteiger partial charge on any atom is 0.339 e. The maximum absolute atomic E-state index is 11.5. The van der Waals surface area contributed by atoms with E-state index in [1.165, 1.54) is 7.11 Å². The zero-order valence-corrected chi connectivity index (χ0v) is 12.7. The van der Waals surface area contributed by atoms with Crippen LogP contribution in [0.25, 0.3) is 0 Å². The Hall–Kier alpha value is -1.62. The average Bonchev–Trinajstić information content (AvgIpc) is 2.42. The molecule has 1 saturated carbocycles. The number of aromatic nitrogens is 1. The van der Waals surface area contributed by atoms with Crippen molar-refractivity contribution < 1.29 is 14.3 Å². The van der Waals surface area contributed by atoms with E-state index in [0.29, 0.717) is 17.3 Å². The second kappa shape index (κ2) is 5.40. The lowest BCUT2D eigenvalue weighted by atomic mass is 9.64. The fourth-order valence-corrected chi connectivity index (χ4v) is 2.68. The van der Waals surface area contributed by atoms with Crippen LogP contribution in [-0.4, -0.2) is 37.3 Å². The number of methoxy groups -OCH3 is 2. The molecule has 0 aromatic carbocycles. The third kappa shape index (κ3) is 2.50. The zero-order valence-electron chi connectivity index (χ0n) is 12.7. The molecule has 0 saturated heterocycles. The number of ether oxygens (including phenoxy) is 2. The van der Waals surface area contributed by atoms with Crippen LogP contribution < -0.4 is 5.32 Å². The summed E-state index contributed by atoms with van der Waals surface area (Å²) in [5.74, 6) is 0.424. The van der Waals surface area contributed by atoms with Gasteiger partial charge in [-0.1, -0.05) is 13.8 Å². The van der Waals surface area contributed by atoms with Crippen molar-refractivity contribution in [3.8, 4) is 0 Å². The molecule has 20 heavy (non-hydrogen) atoms. The van der Waals surface area contributed by atoms with Gasteiger partial charge in [-0.2, -0.15) is 0 Å². The van der Waals surface area contributed by atoms with Gasteiger partial charge in [-0.25, -0.2) is 9.78 Å². The van der Waals surface area contributed by atoms with Crippen LogP contribution in [-0.2, 0) is 9.47 Å². The molecule has 0 spiro atoms. The molecule has 110 valence electrons. The van der Waals surface area contributed by atoms with Gasteiger partial charge in [0.1, 0.15) is 5.82 Å². The quantitative estimate of drug-likeness (QED) is 0.857. The van der Waals surface area contributed by atoms with E-state index in [1.54, 1.807) is 20.1 Å². The van der Waals surface area contributed by atoms with Gasteiger partial charge in [0.05, 0.1) is 24.5 Å². The minimum absolute atomic E-state index is 0.0748. The Balaban J connectivity index is 2.09. The molecule has 2 unspecified atom stereocenters. The van der Waals surface area contributed by atoms with Gasteiger partial charge in [-0.15, -0.1) is 0 Å². The van der Waals surface area contributed by atoms with Crippen molar-refractivity contribution in [3.05, 3.63) is 23.4 Å². The van der Waals surface area contributed by atoms with Gasteiger partial charge < -0.3 is 14.8 Å². The lowest BCUT2D eigenvalue weighted by molar-refractivity contribution is -0.0795. The smallest absolute Gasteiger partial charge is 0.339 e. The van der Waals surface area contributed by atoms with E-state index in [-0.39, 0.29) is 17.5 Å². The van der Waals surface area contributed by atoms with E-state index in [0.717, 1.165) is 12.2 Å². The standard InChI is InChI=1S/C15H22N2O3/c1-9-10(14(18)20-5)6-7-13(16-9)17-11-8-12(19-4)15(11,2)3/h6-7,11-12H,8H2,1-5H3,(H,16,17). The molecule has 1 aromatic rings. The fourth-order valence-electron chi connectivity index (χ4n) is 2.68. The van der Waals surface area contributed by atoms with E-state index in [2.05, 4.69) is 24.1 Å². The minimum atomic E-state index is -0.357. The Morgan fingerprint density at radius 2 is 2.10 bits per heavy atom. The second-order valence-corrected chi connectivity index (χ2v) is 5.80. The first-order chi connectivity index (χ1) is 9.40. The molecule has 2 atom stereocenters. The predicted molar refractivity (Wildman–Crippen MR) is 76.9 cm³/mol. The number of anilines is 1. The van der Waals surface area contributed by atoms with E-state index in [4.69, 9.17) is 9.47 Å². The molecular weight excluding hydrogens is 256 g/mol. The number of rotatable bonds is 4. The summed E-state index contributed by atoms with van der Waals surface area (Å²) in [7, 11) is 3.12. The number of aryl methyl sites for hydroxylation is 1. The summed E-state index contributed by atoms with van der Waals surface area (Å²) in [6.07, 6.45) is 1.23. The predicted octanol–water partition coefficient (Wildman–Crippen LogP) is 2.40. The molecule has 1 aromatic heterocycles. The second-order valence-electron chi connectivity index (χ2n) is 5.80. The Morgan fingerprint density at radius 3 is 2.60 bits per heavy atom. The normalized spacial score (nSPS) is 23.9. The van der Waals surface area contributed by atoms with Gasteiger partial charge >= 0.3 is 5.97 Å². The van der Waals surface area contributed by atoms with Crippen molar-refractivity contribution in [1.82, 2.24) is 4.98 Å². The first kappa shape index (κ1) is 14.8. The van der Waals surface area contributed by atoms with Crippen LogP contribution >= 0.6 is 0 Å². The molecule has 1 N–H and O–H groups in total. The SMILES string of the molecule is COC(=O)c1ccc(NC2CC(OC)C2(C)C)nc1C. The van der Waals surface area contributed by atoms with Crippen LogP contribution in [0.3, 0.4) is 0 Å². The summed E-state index contributed by atoms with van der Waals surface area (Å²) in [5, 5.41) is 3.41. The summed E-state index contributed by atoms with van der Waals surface area (Å²) in [6.45, 7) is 6.16. The lowest BCUT2D eigenvalue weighted by Crippen LogP contribution is -2.57. The van der Waals surface area contributed by atoms with Crippen LogP contribution in [0.2, 0.25) is 0 Å². The van der Waals surface area contributed by atoms with Crippen LogP contribution in [0.1, 0.15) is 36.3 Å². The third-order valence-corrected chi connectivity index (χ3v) is 4.28. The zero-order chi connectivity index (χ0) is 14.9. The molecule has 0 radical (unpaired) electrons. The van der Waals surface area contributed by atoms with Crippen molar-refractivity contribution in [2.45, 2.75) is 39.3 Å². The van der Waals surface area contributed by atoms with Crippen molar-refractivity contribution in [2.24, 2.45) is 5.41 Å². The molecule has 0 bridgehead atoms. The average molecular weight is 278 g/mol. The first-order valence-electron chi connectivity index (χ1n) is 6.75. The summed E-state index contributed by atoms with van der Waals surface area (Å²) >= 11 is 0. The molecule has 0 amide bonds. The minimum Gasteiger partial charge on any atom is -0.465 e. The molecule has 5 nitrogen and oxygen atoms in total. The van der Waals surface area contributed by atoms with Crippen molar-refractivity contribution in [3.63, 3.8) is 0 Å². The maximum atomic E-state index is 11.5. The fraction of sp³-hybridized carbons (Fsp3) is 0.600. The number of hydrogen-bond donors (Lipinski definition) is 1. The lowest BCUT2D eigenvalue weighted by Gasteiger charge is -2.51. The van der Waals surface area contributed by atoms with Crippen molar-refractivity contribution in [2.75, 3.05) is 19.5 Å². The molecule has 0 aliphatic heterocycles. The number of nitrogens with zero attached hydrogens (tertiary/aromatic N) is 1. The van der Waals surface area contributed by atoms with E-state index < -0.39 is 0 Å². The van der Waals surface area contributed by atoms with Crippen LogP contribution in [0, 0.1) is 12.3 Å². The number of esters is 1. The van der Waals surface area contributed by atoms with Crippen molar-refractivity contribution in [1.29, 1.82) is 0 Å². The number of carbonyl (C=O) groups is 1. The highest BCUT2D eigenvalue weighted by Crippen LogP contribution is 2.43. The highest BCUT2D eigenvalue weighted by atomic mass is 16.5. The number of hydrogen-bond acceptors (Lipinski definition) is 5. The Morgan fingerprint density at radius 1 is 1.40 bits per heavy atom. The van der Waals surface area contributed by atoms with Gasteiger partial charge in [0.25, 0.3) is 0 Å². The molecule has 1 fully saturated rings. The van der Waals surface area contributed by atoms with Crippen LogP contribution in [0.4, 0.5) is 5.82 Å². The topological polar surface area (TPSA) is 60.5 Å². The number of carbonyl (C=O) groups excluding carboxylic acids is 1. The highest BCUT2D eigenvalue weighted by Gasteiger charge is 2.48. The van der Waals surface area contributed by atoms with Gasteiger partial charge in [-0.3, -0.25) is 0 Å². The molecular formula is C15H22N2O3. The molecule has 1 aliphatic carbocycles. The van der Waals surface area contributed by atoms with Crippen LogP contribution in [0.5, 0.6) is 0 Å². The largest absolute Gasteiger partial charge is 0.465 e.